The molecular formula is C13H16N4O. The van der Waals surface area contributed by atoms with Crippen molar-refractivity contribution in [2.75, 3.05) is 11.5 Å². The number of benzene rings is 1. The van der Waals surface area contributed by atoms with Crippen LogP contribution in [0.15, 0.2) is 29.1 Å². The summed E-state index contributed by atoms with van der Waals surface area (Å²) in [6.07, 6.45) is 1.48. The topological polar surface area (TPSA) is 97.8 Å². The number of hydrogen-bond donors (Lipinski definition) is 3. The van der Waals surface area contributed by atoms with Crippen LogP contribution < -0.4 is 17.0 Å². The molecule has 0 saturated carbocycles. The van der Waals surface area contributed by atoms with Crippen LogP contribution >= 0.6 is 0 Å². The predicted octanol–water partition coefficient (Wildman–Crippen LogP) is 1.55. The second-order valence-corrected chi connectivity index (χ2v) is 4.15. The van der Waals surface area contributed by atoms with E-state index in [-0.39, 0.29) is 11.4 Å². The first-order valence-electron chi connectivity index (χ1n) is 5.86. The van der Waals surface area contributed by atoms with E-state index in [4.69, 9.17) is 11.5 Å². The summed E-state index contributed by atoms with van der Waals surface area (Å²) in [5.74, 6) is 0.739. The molecule has 0 aliphatic heterocycles. The molecule has 5 heteroatoms. The minimum atomic E-state index is -0.179. The van der Waals surface area contributed by atoms with Crippen LogP contribution in [0.4, 0.5) is 11.5 Å². The van der Waals surface area contributed by atoms with Gasteiger partial charge in [0.15, 0.2) is 0 Å². The number of H-pyrrole nitrogens is 1. The lowest BCUT2D eigenvalue weighted by atomic mass is 10.1. The van der Waals surface area contributed by atoms with Crippen molar-refractivity contribution in [2.24, 2.45) is 0 Å². The molecule has 0 fully saturated rings. The van der Waals surface area contributed by atoms with E-state index < -0.39 is 0 Å². The summed E-state index contributed by atoms with van der Waals surface area (Å²) < 4.78 is 0. The van der Waals surface area contributed by atoms with E-state index in [1.165, 1.54) is 0 Å². The molecule has 0 unspecified atom stereocenters. The van der Waals surface area contributed by atoms with Crippen LogP contribution in [-0.2, 0) is 6.42 Å². The van der Waals surface area contributed by atoms with Gasteiger partial charge in [-0.3, -0.25) is 4.79 Å². The van der Waals surface area contributed by atoms with Crippen LogP contribution in [0, 0.1) is 0 Å². The van der Waals surface area contributed by atoms with Gasteiger partial charge in [0.25, 0.3) is 5.56 Å². The molecule has 1 aromatic carbocycles. The lowest BCUT2D eigenvalue weighted by molar-refractivity contribution is 0.892. The molecule has 0 radical (unpaired) electrons. The van der Waals surface area contributed by atoms with Gasteiger partial charge in [-0.1, -0.05) is 25.5 Å². The molecule has 2 rings (SSSR count). The third-order valence-electron chi connectivity index (χ3n) is 2.71. The molecule has 0 amide bonds. The summed E-state index contributed by atoms with van der Waals surface area (Å²) in [7, 11) is 0. The van der Waals surface area contributed by atoms with Crippen molar-refractivity contribution < 1.29 is 0 Å². The molecule has 5 nitrogen and oxygen atoms in total. The van der Waals surface area contributed by atoms with Gasteiger partial charge in [-0.15, -0.1) is 0 Å². The fourth-order valence-corrected chi connectivity index (χ4v) is 1.83. The van der Waals surface area contributed by atoms with Gasteiger partial charge in [0.05, 0.1) is 5.56 Å². The van der Waals surface area contributed by atoms with Gasteiger partial charge in [-0.2, -0.15) is 0 Å². The smallest absolute Gasteiger partial charge is 0.256 e. The van der Waals surface area contributed by atoms with Crippen LogP contribution in [0.1, 0.15) is 18.9 Å². The van der Waals surface area contributed by atoms with E-state index in [0.717, 1.165) is 12.0 Å². The molecule has 0 saturated heterocycles. The minimum Gasteiger partial charge on any atom is -0.399 e. The monoisotopic (exact) mass is 244 g/mol. The molecule has 5 N–H and O–H groups in total. The Morgan fingerprint density at radius 1 is 1.33 bits per heavy atom. The van der Waals surface area contributed by atoms with Crippen LogP contribution in [0.3, 0.4) is 0 Å². The zero-order valence-electron chi connectivity index (χ0n) is 10.2. The van der Waals surface area contributed by atoms with Crippen LogP contribution in [0.5, 0.6) is 0 Å². The molecule has 2 aromatic rings. The Bertz CT molecular complexity index is 619. The predicted molar refractivity (Wildman–Crippen MR) is 73.1 cm³/mol. The number of aromatic amines is 1. The molecule has 0 atom stereocenters. The van der Waals surface area contributed by atoms with E-state index in [2.05, 4.69) is 9.97 Å². The van der Waals surface area contributed by atoms with Gasteiger partial charge in [-0.25, -0.2) is 4.98 Å². The molecule has 1 aromatic heterocycles. The average molecular weight is 244 g/mol. The number of rotatable bonds is 3. The number of hydrogen-bond acceptors (Lipinski definition) is 4. The first-order valence-corrected chi connectivity index (χ1v) is 5.86. The Morgan fingerprint density at radius 2 is 2.11 bits per heavy atom. The quantitative estimate of drug-likeness (QED) is 0.713. The number of nitrogens with two attached hydrogens (primary N) is 2. The number of anilines is 2. The number of nitrogens with zero attached hydrogens (tertiary/aromatic N) is 1. The Hall–Kier alpha value is -2.30. The standard InChI is InChI=1S/C13H16N4O/c1-2-4-10-11(15)16-12(17-13(10)18)8-5-3-6-9(14)7-8/h3,5-7H,2,4,14H2,1H3,(H3,15,16,17,18). The number of nitrogens with one attached hydrogen (secondary N) is 1. The highest BCUT2D eigenvalue weighted by atomic mass is 16.1. The summed E-state index contributed by atoms with van der Waals surface area (Å²) in [5, 5.41) is 0. The lowest BCUT2D eigenvalue weighted by Crippen LogP contribution is -2.18. The largest absolute Gasteiger partial charge is 0.399 e. The molecule has 18 heavy (non-hydrogen) atoms. The molecule has 0 bridgehead atoms. The third kappa shape index (κ3) is 2.34. The van der Waals surface area contributed by atoms with Crippen molar-refractivity contribution in [3.8, 4) is 11.4 Å². The third-order valence-corrected chi connectivity index (χ3v) is 2.71. The SMILES string of the molecule is CCCc1c(N)nc(-c2cccc(N)c2)[nH]c1=O. The second kappa shape index (κ2) is 4.91. The first kappa shape index (κ1) is 12.2. The molecule has 94 valence electrons. The van der Waals surface area contributed by atoms with Gasteiger partial charge < -0.3 is 16.5 Å². The summed E-state index contributed by atoms with van der Waals surface area (Å²) in [5.41, 5.74) is 13.3. The fourth-order valence-electron chi connectivity index (χ4n) is 1.83. The van der Waals surface area contributed by atoms with Crippen LogP contribution in [0.2, 0.25) is 0 Å². The summed E-state index contributed by atoms with van der Waals surface area (Å²) >= 11 is 0. The van der Waals surface area contributed by atoms with Crippen molar-refractivity contribution in [2.45, 2.75) is 19.8 Å². The van der Waals surface area contributed by atoms with Gasteiger partial charge in [0, 0.05) is 11.3 Å². The Labute approximate surface area is 105 Å². The molecular weight excluding hydrogens is 228 g/mol. The highest BCUT2D eigenvalue weighted by molar-refractivity contribution is 5.62. The molecule has 0 aliphatic rings. The number of nitrogen functional groups attached to an aromatic ring is 2. The van der Waals surface area contributed by atoms with Crippen LogP contribution in [-0.4, -0.2) is 9.97 Å². The minimum absolute atomic E-state index is 0.179. The summed E-state index contributed by atoms with van der Waals surface area (Å²) in [6.45, 7) is 1.99. The highest BCUT2D eigenvalue weighted by Crippen LogP contribution is 2.18. The van der Waals surface area contributed by atoms with Crippen molar-refractivity contribution in [3.05, 3.63) is 40.2 Å². The Kier molecular flexibility index (Phi) is 3.32. The first-order chi connectivity index (χ1) is 8.61. The van der Waals surface area contributed by atoms with Gasteiger partial charge in [-0.05, 0) is 18.6 Å². The van der Waals surface area contributed by atoms with Crippen molar-refractivity contribution in [3.63, 3.8) is 0 Å². The summed E-state index contributed by atoms with van der Waals surface area (Å²) in [6, 6.07) is 7.15. The van der Waals surface area contributed by atoms with Crippen LogP contribution in [0.25, 0.3) is 11.4 Å². The molecule has 0 spiro atoms. The van der Waals surface area contributed by atoms with E-state index in [1.807, 2.05) is 13.0 Å². The Balaban J connectivity index is 2.51. The maximum atomic E-state index is 11.9. The lowest BCUT2D eigenvalue weighted by Gasteiger charge is -2.06. The average Bonchev–Trinajstić information content (AvgIpc) is 2.33. The second-order valence-electron chi connectivity index (χ2n) is 4.15. The van der Waals surface area contributed by atoms with Gasteiger partial charge in [0.2, 0.25) is 0 Å². The van der Waals surface area contributed by atoms with Crippen molar-refractivity contribution in [1.82, 2.24) is 9.97 Å². The van der Waals surface area contributed by atoms with Gasteiger partial charge >= 0.3 is 0 Å². The maximum Gasteiger partial charge on any atom is 0.256 e. The van der Waals surface area contributed by atoms with E-state index in [0.29, 0.717) is 23.5 Å². The molecule has 1 heterocycles. The normalized spacial score (nSPS) is 10.5. The van der Waals surface area contributed by atoms with Crippen molar-refractivity contribution in [1.29, 1.82) is 0 Å². The van der Waals surface area contributed by atoms with Crippen molar-refractivity contribution >= 4 is 11.5 Å². The summed E-state index contributed by atoms with van der Waals surface area (Å²) in [4.78, 5) is 18.9. The van der Waals surface area contributed by atoms with E-state index in [1.54, 1.807) is 18.2 Å². The van der Waals surface area contributed by atoms with E-state index in [9.17, 15) is 4.79 Å². The number of aromatic nitrogens is 2. The van der Waals surface area contributed by atoms with Gasteiger partial charge in [0.1, 0.15) is 11.6 Å². The Morgan fingerprint density at radius 3 is 2.72 bits per heavy atom. The zero-order chi connectivity index (χ0) is 13.1. The fraction of sp³-hybridized carbons (Fsp3) is 0.231. The molecule has 0 aliphatic carbocycles. The van der Waals surface area contributed by atoms with E-state index >= 15 is 0 Å². The highest BCUT2D eigenvalue weighted by Gasteiger charge is 2.09. The maximum absolute atomic E-state index is 11.9. The zero-order valence-corrected chi connectivity index (χ0v) is 10.2.